The summed E-state index contributed by atoms with van der Waals surface area (Å²) in [6.07, 6.45) is 1.28. The highest BCUT2D eigenvalue weighted by Gasteiger charge is 2.21. The van der Waals surface area contributed by atoms with E-state index < -0.39 is 33.2 Å². The van der Waals surface area contributed by atoms with Crippen LogP contribution in [-0.4, -0.2) is 32.5 Å². The van der Waals surface area contributed by atoms with E-state index in [4.69, 9.17) is 9.47 Å². The van der Waals surface area contributed by atoms with E-state index in [1.807, 2.05) is 0 Å². The number of carbonyl (C=O) groups is 1. The maximum Gasteiger partial charge on any atom is 0.262 e. The predicted octanol–water partition coefficient (Wildman–Crippen LogP) is 3.73. The first kappa shape index (κ1) is 24.3. The third kappa shape index (κ3) is 4.85. The van der Waals surface area contributed by atoms with Gasteiger partial charge in [0.1, 0.15) is 24.6 Å². The van der Waals surface area contributed by atoms with Gasteiger partial charge in [0.15, 0.2) is 11.5 Å². The van der Waals surface area contributed by atoms with Crippen LogP contribution in [0.15, 0.2) is 76.6 Å². The summed E-state index contributed by atoms with van der Waals surface area (Å²) in [6, 6.07) is 14.0. The average molecular weight is 524 g/mol. The Labute approximate surface area is 211 Å². The van der Waals surface area contributed by atoms with Crippen LogP contribution < -0.4 is 24.9 Å². The number of aromatic nitrogens is 1. The zero-order chi connectivity index (χ0) is 26.2. The molecule has 0 aliphatic carbocycles. The number of H-pyrrole nitrogens is 1. The Balaban J connectivity index is 1.41. The SMILES string of the molecule is CC(NC(=O)c1c[nH]c2ccc(S(=O)(=O)Nc3ccccc3F)cc2c1=O)c1ccc2c(c1)OCCO2. The van der Waals surface area contributed by atoms with Crippen LogP contribution in [0.25, 0.3) is 10.9 Å². The highest BCUT2D eigenvalue weighted by molar-refractivity contribution is 7.92. The summed E-state index contributed by atoms with van der Waals surface area (Å²) in [5, 5.41) is 2.78. The van der Waals surface area contributed by atoms with Crippen molar-refractivity contribution in [2.45, 2.75) is 17.9 Å². The van der Waals surface area contributed by atoms with Crippen molar-refractivity contribution in [2.24, 2.45) is 0 Å². The summed E-state index contributed by atoms with van der Waals surface area (Å²) in [7, 11) is -4.21. The molecule has 0 saturated heterocycles. The van der Waals surface area contributed by atoms with Gasteiger partial charge in [0.25, 0.3) is 15.9 Å². The van der Waals surface area contributed by atoms with Gasteiger partial charge in [-0.1, -0.05) is 18.2 Å². The van der Waals surface area contributed by atoms with Gasteiger partial charge in [0.2, 0.25) is 5.43 Å². The van der Waals surface area contributed by atoms with Crippen molar-refractivity contribution >= 4 is 32.5 Å². The van der Waals surface area contributed by atoms with Crippen LogP contribution in [0.3, 0.4) is 0 Å². The number of ether oxygens (including phenoxy) is 2. The molecular formula is C26H22FN3O6S. The molecule has 2 heterocycles. The lowest BCUT2D eigenvalue weighted by atomic mass is 10.1. The summed E-state index contributed by atoms with van der Waals surface area (Å²) in [5.41, 5.74) is 0.0310. The smallest absolute Gasteiger partial charge is 0.262 e. The Morgan fingerprint density at radius 2 is 1.78 bits per heavy atom. The monoisotopic (exact) mass is 523 g/mol. The van der Waals surface area contributed by atoms with E-state index >= 15 is 0 Å². The van der Waals surface area contributed by atoms with Crippen molar-refractivity contribution in [3.63, 3.8) is 0 Å². The molecule has 3 aromatic carbocycles. The Morgan fingerprint density at radius 3 is 2.57 bits per heavy atom. The maximum atomic E-state index is 14.0. The van der Waals surface area contributed by atoms with Crippen molar-refractivity contribution in [1.29, 1.82) is 0 Å². The van der Waals surface area contributed by atoms with Crippen LogP contribution in [0.4, 0.5) is 10.1 Å². The van der Waals surface area contributed by atoms with E-state index in [1.54, 1.807) is 25.1 Å². The number of rotatable bonds is 6. The minimum Gasteiger partial charge on any atom is -0.486 e. The number of amides is 1. The lowest BCUT2D eigenvalue weighted by Gasteiger charge is -2.21. The third-order valence-corrected chi connectivity index (χ3v) is 7.30. The van der Waals surface area contributed by atoms with Gasteiger partial charge in [-0.2, -0.15) is 0 Å². The molecule has 37 heavy (non-hydrogen) atoms. The van der Waals surface area contributed by atoms with E-state index in [1.165, 1.54) is 36.5 Å². The quantitative estimate of drug-likeness (QED) is 0.354. The Bertz CT molecular complexity index is 1690. The van der Waals surface area contributed by atoms with E-state index in [-0.39, 0.29) is 21.5 Å². The largest absolute Gasteiger partial charge is 0.486 e. The molecule has 11 heteroatoms. The van der Waals surface area contributed by atoms with Crippen LogP contribution >= 0.6 is 0 Å². The van der Waals surface area contributed by atoms with Crippen LogP contribution in [0, 0.1) is 5.82 Å². The van der Waals surface area contributed by atoms with Crippen molar-refractivity contribution in [1.82, 2.24) is 10.3 Å². The van der Waals surface area contributed by atoms with Gasteiger partial charge in [0, 0.05) is 17.1 Å². The molecule has 1 atom stereocenters. The Morgan fingerprint density at radius 1 is 1.03 bits per heavy atom. The number of pyridine rings is 1. The van der Waals surface area contributed by atoms with E-state index in [0.29, 0.717) is 30.2 Å². The molecule has 1 aliphatic heterocycles. The van der Waals surface area contributed by atoms with E-state index in [0.717, 1.165) is 17.7 Å². The fourth-order valence-electron chi connectivity index (χ4n) is 3.97. The molecule has 3 N–H and O–H groups in total. The number of halogens is 1. The van der Waals surface area contributed by atoms with Crippen molar-refractivity contribution in [2.75, 3.05) is 17.9 Å². The van der Waals surface area contributed by atoms with Gasteiger partial charge in [-0.05, 0) is 55.0 Å². The molecule has 1 unspecified atom stereocenters. The minimum absolute atomic E-state index is 0.00367. The Hall–Kier alpha value is -4.38. The second-order valence-electron chi connectivity index (χ2n) is 8.42. The molecule has 1 aromatic heterocycles. The zero-order valence-electron chi connectivity index (χ0n) is 19.6. The average Bonchev–Trinajstić information content (AvgIpc) is 2.89. The van der Waals surface area contributed by atoms with Crippen molar-refractivity contribution in [3.05, 3.63) is 94.0 Å². The van der Waals surface area contributed by atoms with Gasteiger partial charge < -0.3 is 19.8 Å². The van der Waals surface area contributed by atoms with Gasteiger partial charge in [-0.3, -0.25) is 14.3 Å². The molecular weight excluding hydrogens is 501 g/mol. The van der Waals surface area contributed by atoms with E-state index in [9.17, 15) is 22.4 Å². The van der Waals surface area contributed by atoms with Crippen LogP contribution in [-0.2, 0) is 10.0 Å². The highest BCUT2D eigenvalue weighted by atomic mass is 32.2. The van der Waals surface area contributed by atoms with Crippen molar-refractivity contribution in [3.8, 4) is 11.5 Å². The molecule has 0 bridgehead atoms. The number of carbonyl (C=O) groups excluding carboxylic acids is 1. The fraction of sp³-hybridized carbons (Fsp3) is 0.154. The predicted molar refractivity (Wildman–Crippen MR) is 135 cm³/mol. The number of hydrogen-bond acceptors (Lipinski definition) is 6. The molecule has 0 saturated carbocycles. The van der Waals surface area contributed by atoms with Crippen molar-refractivity contribution < 1.29 is 27.1 Å². The number of aromatic amines is 1. The van der Waals surface area contributed by atoms with Crippen LogP contribution in [0.5, 0.6) is 11.5 Å². The minimum atomic E-state index is -4.21. The van der Waals surface area contributed by atoms with Gasteiger partial charge in [-0.15, -0.1) is 0 Å². The van der Waals surface area contributed by atoms with Crippen LogP contribution in [0.1, 0.15) is 28.9 Å². The maximum absolute atomic E-state index is 14.0. The molecule has 1 amide bonds. The zero-order valence-corrected chi connectivity index (χ0v) is 20.4. The molecule has 0 fully saturated rings. The number of benzene rings is 3. The lowest BCUT2D eigenvalue weighted by molar-refractivity contribution is 0.0938. The first-order valence-corrected chi connectivity index (χ1v) is 12.8. The summed E-state index contributed by atoms with van der Waals surface area (Å²) in [4.78, 5) is 28.8. The number of sulfonamides is 1. The first-order valence-electron chi connectivity index (χ1n) is 11.4. The lowest BCUT2D eigenvalue weighted by Crippen LogP contribution is -2.31. The second kappa shape index (κ2) is 9.58. The molecule has 1 aliphatic rings. The summed E-state index contributed by atoms with van der Waals surface area (Å²) in [5.74, 6) is -0.181. The highest BCUT2D eigenvalue weighted by Crippen LogP contribution is 2.32. The molecule has 4 aromatic rings. The first-order chi connectivity index (χ1) is 17.7. The molecule has 9 nitrogen and oxygen atoms in total. The summed E-state index contributed by atoms with van der Waals surface area (Å²) in [6.45, 7) is 2.65. The Kier molecular flexibility index (Phi) is 6.30. The van der Waals surface area contributed by atoms with Gasteiger partial charge in [0.05, 0.1) is 16.6 Å². The standard InChI is InChI=1S/C26H22FN3O6S/c1-15(16-6-9-23-24(12-16)36-11-10-35-23)29-26(32)19-14-28-21-8-7-17(13-18(21)25(19)31)37(33,34)30-22-5-3-2-4-20(22)27/h2-9,12-15,30H,10-11H2,1H3,(H,28,31)(H,29,32). The van der Waals surface area contributed by atoms with Gasteiger partial charge in [-0.25, -0.2) is 12.8 Å². The topological polar surface area (TPSA) is 127 Å². The normalized spacial score (nSPS) is 13.7. The molecule has 0 spiro atoms. The molecule has 190 valence electrons. The fourth-order valence-corrected chi connectivity index (χ4v) is 5.06. The van der Waals surface area contributed by atoms with Crippen LogP contribution in [0.2, 0.25) is 0 Å². The number of nitrogens with one attached hydrogen (secondary N) is 3. The number of para-hydroxylation sites is 1. The van der Waals surface area contributed by atoms with Gasteiger partial charge >= 0.3 is 0 Å². The number of anilines is 1. The summed E-state index contributed by atoms with van der Waals surface area (Å²) < 4.78 is 52.9. The number of fused-ring (bicyclic) bond motifs is 2. The third-order valence-electron chi connectivity index (χ3n) is 5.94. The molecule has 5 rings (SSSR count). The summed E-state index contributed by atoms with van der Waals surface area (Å²) >= 11 is 0. The molecule has 0 radical (unpaired) electrons. The van der Waals surface area contributed by atoms with E-state index in [2.05, 4.69) is 15.0 Å². The number of hydrogen-bond donors (Lipinski definition) is 3. The second-order valence-corrected chi connectivity index (χ2v) is 10.1.